The van der Waals surface area contributed by atoms with Gasteiger partial charge in [-0.05, 0) is 24.6 Å². The molecule has 0 saturated carbocycles. The van der Waals surface area contributed by atoms with Crippen LogP contribution in [0.3, 0.4) is 0 Å². The minimum atomic E-state index is -4.56. The molecule has 1 aliphatic rings. The van der Waals surface area contributed by atoms with E-state index in [2.05, 4.69) is 37.4 Å². The number of thiophene rings is 1. The number of carbonyl (C=O) groups is 1. The molecule has 5 heterocycles. The number of amides is 1. The van der Waals surface area contributed by atoms with Gasteiger partial charge in [-0.15, -0.1) is 21.5 Å². The first-order chi connectivity index (χ1) is 17.8. The van der Waals surface area contributed by atoms with Crippen LogP contribution in [-0.2, 0) is 25.7 Å². The second kappa shape index (κ2) is 10.3. The van der Waals surface area contributed by atoms with Gasteiger partial charge in [0.2, 0.25) is 5.82 Å². The van der Waals surface area contributed by atoms with Crippen molar-refractivity contribution in [2.75, 3.05) is 24.6 Å². The molecule has 0 aromatic carbocycles. The SMILES string of the molecule is CCCc1cc2c(N3CCn4c(nnc4C(F)(F)F)C3)nc(OCCNC(=O)c3ccccn3)nc2s1. The number of halogens is 3. The zero-order valence-corrected chi connectivity index (χ0v) is 20.6. The van der Waals surface area contributed by atoms with Crippen molar-refractivity contribution >= 4 is 33.3 Å². The first-order valence-electron chi connectivity index (χ1n) is 11.7. The van der Waals surface area contributed by atoms with Crippen LogP contribution >= 0.6 is 11.3 Å². The number of aromatic nitrogens is 6. The van der Waals surface area contributed by atoms with Gasteiger partial charge in [-0.2, -0.15) is 23.1 Å². The molecule has 37 heavy (non-hydrogen) atoms. The summed E-state index contributed by atoms with van der Waals surface area (Å²) in [5.74, 6) is -0.528. The van der Waals surface area contributed by atoms with Crippen molar-refractivity contribution in [2.24, 2.45) is 0 Å². The predicted molar refractivity (Wildman–Crippen MR) is 130 cm³/mol. The van der Waals surface area contributed by atoms with E-state index in [-0.39, 0.29) is 44.0 Å². The number of fused-ring (bicyclic) bond motifs is 2. The molecule has 4 aromatic rings. The van der Waals surface area contributed by atoms with E-state index in [1.54, 1.807) is 18.2 Å². The van der Waals surface area contributed by atoms with Crippen molar-refractivity contribution in [3.05, 3.63) is 52.7 Å². The normalized spacial score (nSPS) is 13.6. The van der Waals surface area contributed by atoms with Crippen LogP contribution in [0.25, 0.3) is 10.2 Å². The van der Waals surface area contributed by atoms with E-state index in [1.165, 1.54) is 17.5 Å². The number of nitrogens with one attached hydrogen (secondary N) is 1. The number of aryl methyl sites for hydroxylation is 1. The molecule has 0 saturated heterocycles. The van der Waals surface area contributed by atoms with Crippen LogP contribution in [-0.4, -0.2) is 55.3 Å². The minimum Gasteiger partial charge on any atom is -0.462 e. The maximum Gasteiger partial charge on any atom is 0.451 e. The molecular weight excluding hydrogens is 509 g/mol. The van der Waals surface area contributed by atoms with Gasteiger partial charge in [0.25, 0.3) is 5.91 Å². The molecule has 0 spiro atoms. The van der Waals surface area contributed by atoms with Crippen LogP contribution < -0.4 is 15.0 Å². The van der Waals surface area contributed by atoms with Gasteiger partial charge in [0.15, 0.2) is 5.82 Å². The number of anilines is 1. The fourth-order valence-corrected chi connectivity index (χ4v) is 5.17. The predicted octanol–water partition coefficient (Wildman–Crippen LogP) is 3.48. The Kier molecular flexibility index (Phi) is 6.91. The van der Waals surface area contributed by atoms with Crippen molar-refractivity contribution in [1.29, 1.82) is 0 Å². The summed E-state index contributed by atoms with van der Waals surface area (Å²) < 4.78 is 46.6. The Bertz CT molecular complexity index is 1410. The van der Waals surface area contributed by atoms with E-state index in [0.29, 0.717) is 18.1 Å². The smallest absolute Gasteiger partial charge is 0.451 e. The van der Waals surface area contributed by atoms with Crippen molar-refractivity contribution < 1.29 is 22.7 Å². The summed E-state index contributed by atoms with van der Waals surface area (Å²) >= 11 is 1.53. The number of carbonyl (C=O) groups excluding carboxylic acids is 1. The summed E-state index contributed by atoms with van der Waals surface area (Å²) in [4.78, 5) is 29.0. The molecule has 10 nitrogen and oxygen atoms in total. The molecule has 4 aromatic heterocycles. The third-order valence-corrected chi connectivity index (χ3v) is 6.81. The highest BCUT2D eigenvalue weighted by molar-refractivity contribution is 7.18. The number of rotatable bonds is 8. The van der Waals surface area contributed by atoms with Gasteiger partial charge >= 0.3 is 12.2 Å². The lowest BCUT2D eigenvalue weighted by Crippen LogP contribution is -2.36. The van der Waals surface area contributed by atoms with Crippen molar-refractivity contribution in [2.45, 2.75) is 39.0 Å². The van der Waals surface area contributed by atoms with Gasteiger partial charge in [-0.3, -0.25) is 9.78 Å². The Morgan fingerprint density at radius 3 is 2.84 bits per heavy atom. The van der Waals surface area contributed by atoms with Gasteiger partial charge in [-0.1, -0.05) is 19.4 Å². The average molecular weight is 533 g/mol. The molecule has 0 atom stereocenters. The number of hydrogen-bond donors (Lipinski definition) is 1. The van der Waals surface area contributed by atoms with E-state index in [9.17, 15) is 18.0 Å². The maximum atomic E-state index is 13.3. The molecule has 5 rings (SSSR count). The zero-order valence-electron chi connectivity index (χ0n) is 19.8. The number of pyridine rings is 1. The van der Waals surface area contributed by atoms with Crippen molar-refractivity contribution in [3.8, 4) is 6.01 Å². The monoisotopic (exact) mass is 532 g/mol. The molecule has 0 bridgehead atoms. The molecule has 194 valence electrons. The molecule has 0 unspecified atom stereocenters. The van der Waals surface area contributed by atoms with Crippen LogP contribution in [0.5, 0.6) is 6.01 Å². The highest BCUT2D eigenvalue weighted by atomic mass is 32.1. The molecular formula is C23H23F3N8O2S. The van der Waals surface area contributed by atoms with Crippen LogP contribution in [0.4, 0.5) is 19.0 Å². The molecule has 0 fully saturated rings. The van der Waals surface area contributed by atoms with Gasteiger partial charge in [0.1, 0.15) is 22.9 Å². The summed E-state index contributed by atoms with van der Waals surface area (Å²) in [5.41, 5.74) is 0.302. The van der Waals surface area contributed by atoms with Crippen LogP contribution in [0, 0.1) is 0 Å². The van der Waals surface area contributed by atoms with E-state index >= 15 is 0 Å². The molecule has 14 heteroatoms. The molecule has 1 N–H and O–H groups in total. The van der Waals surface area contributed by atoms with Crippen molar-refractivity contribution in [3.63, 3.8) is 0 Å². The van der Waals surface area contributed by atoms with Gasteiger partial charge < -0.3 is 19.5 Å². The third-order valence-electron chi connectivity index (χ3n) is 5.72. The van der Waals surface area contributed by atoms with E-state index in [1.807, 2.05) is 11.0 Å². The Balaban J connectivity index is 1.35. The molecule has 0 aliphatic carbocycles. The fourth-order valence-electron chi connectivity index (χ4n) is 4.06. The highest BCUT2D eigenvalue weighted by Crippen LogP contribution is 2.35. The lowest BCUT2D eigenvalue weighted by atomic mass is 10.2. The second-order valence-corrected chi connectivity index (χ2v) is 9.46. The Morgan fingerprint density at radius 1 is 1.22 bits per heavy atom. The number of alkyl halides is 3. The fraction of sp³-hybridized carbons (Fsp3) is 0.391. The topological polar surface area (TPSA) is 111 Å². The third kappa shape index (κ3) is 5.33. The standard InChI is InChI=1S/C23H23F3N8O2S/c1-2-5-14-12-15-18(33-9-10-34-17(13-33)31-32-21(34)23(24,25)26)29-22(30-20(15)37-14)36-11-8-28-19(35)16-6-3-4-7-27-16/h3-4,6-7,12H,2,5,8-11,13H2,1H3,(H,28,35). The lowest BCUT2D eigenvalue weighted by molar-refractivity contribution is -0.147. The molecule has 1 amide bonds. The lowest BCUT2D eigenvalue weighted by Gasteiger charge is -2.29. The molecule has 1 aliphatic heterocycles. The summed E-state index contributed by atoms with van der Waals surface area (Å²) in [6.45, 7) is 2.90. The summed E-state index contributed by atoms with van der Waals surface area (Å²) in [6, 6.07) is 7.21. The Hall–Kier alpha value is -3.81. The minimum absolute atomic E-state index is 0.0738. The highest BCUT2D eigenvalue weighted by Gasteiger charge is 2.39. The number of ether oxygens (including phenoxy) is 1. The second-order valence-electron chi connectivity index (χ2n) is 8.34. The summed E-state index contributed by atoms with van der Waals surface area (Å²) in [6.07, 6.45) is -1.19. The van der Waals surface area contributed by atoms with Crippen LogP contribution in [0.2, 0.25) is 0 Å². The van der Waals surface area contributed by atoms with E-state index < -0.39 is 12.0 Å². The number of hydrogen-bond acceptors (Lipinski definition) is 9. The van der Waals surface area contributed by atoms with Gasteiger partial charge in [-0.25, -0.2) is 0 Å². The first kappa shape index (κ1) is 24.9. The van der Waals surface area contributed by atoms with Crippen LogP contribution in [0.15, 0.2) is 30.5 Å². The van der Waals surface area contributed by atoms with Gasteiger partial charge in [0.05, 0.1) is 18.5 Å². The van der Waals surface area contributed by atoms with Crippen molar-refractivity contribution in [1.82, 2.24) is 35.0 Å². The summed E-state index contributed by atoms with van der Waals surface area (Å²) in [5, 5.41) is 10.7. The molecule has 0 radical (unpaired) electrons. The largest absolute Gasteiger partial charge is 0.462 e. The Labute approximate surface area is 213 Å². The zero-order chi connectivity index (χ0) is 26.0. The summed E-state index contributed by atoms with van der Waals surface area (Å²) in [7, 11) is 0. The number of nitrogens with zero attached hydrogens (tertiary/aromatic N) is 7. The van der Waals surface area contributed by atoms with Crippen LogP contribution in [0.1, 0.15) is 40.4 Å². The van der Waals surface area contributed by atoms with E-state index in [4.69, 9.17) is 4.74 Å². The maximum absolute atomic E-state index is 13.3. The van der Waals surface area contributed by atoms with Gasteiger partial charge in [0, 0.05) is 24.2 Å². The Morgan fingerprint density at radius 2 is 2.08 bits per heavy atom. The first-order valence-corrected chi connectivity index (χ1v) is 12.5. The quantitative estimate of drug-likeness (QED) is 0.344. The average Bonchev–Trinajstić information content (AvgIpc) is 3.50. The van der Waals surface area contributed by atoms with E-state index in [0.717, 1.165) is 32.5 Å².